The van der Waals surface area contributed by atoms with Crippen LogP contribution in [-0.4, -0.2) is 12.4 Å². The molecule has 2 N–H and O–H groups in total. The molecule has 0 fully saturated rings. The van der Waals surface area contributed by atoms with E-state index in [1.54, 1.807) is 0 Å². The number of nitrogen functional groups attached to an aromatic ring is 1. The Hall–Kier alpha value is -1.17. The summed E-state index contributed by atoms with van der Waals surface area (Å²) in [7, 11) is 0. The monoisotopic (exact) mass is 279 g/mol. The fourth-order valence-electron chi connectivity index (χ4n) is 1.17. The molecule has 0 aliphatic heterocycles. The number of Topliss-reactive ketones (excluding diaryl/α,β-unsaturated/α-hetero) is 1. The van der Waals surface area contributed by atoms with Crippen molar-refractivity contribution in [1.82, 2.24) is 0 Å². The van der Waals surface area contributed by atoms with E-state index in [1.807, 2.05) is 0 Å². The predicted octanol–water partition coefficient (Wildman–Crippen LogP) is 2.84. The average molecular weight is 280 g/mol. The lowest BCUT2D eigenvalue weighted by Crippen LogP contribution is -2.09. The van der Waals surface area contributed by atoms with E-state index >= 15 is 0 Å². The first-order valence-corrected chi connectivity index (χ1v) is 4.76. The lowest BCUT2D eigenvalue weighted by Gasteiger charge is -2.11. The molecule has 0 atom stereocenters. The zero-order chi connectivity index (χ0) is 11.6. The van der Waals surface area contributed by atoms with Crippen LogP contribution in [0.4, 0.5) is 14.5 Å². The minimum Gasteiger partial charge on any atom is -0.434 e. The topological polar surface area (TPSA) is 52.3 Å². The highest BCUT2D eigenvalue weighted by atomic mass is 79.9. The Bertz CT molecular complexity index is 396. The summed E-state index contributed by atoms with van der Waals surface area (Å²) in [5.74, 6) is -0.639. The Morgan fingerprint density at radius 3 is 2.60 bits per heavy atom. The molecule has 0 saturated heterocycles. The molecule has 3 nitrogen and oxygen atoms in total. The first-order chi connectivity index (χ1) is 6.91. The summed E-state index contributed by atoms with van der Waals surface area (Å²) in [5, 5.41) is 0. The highest BCUT2D eigenvalue weighted by molar-refractivity contribution is 9.10. The van der Waals surface area contributed by atoms with Crippen LogP contribution in [0.3, 0.4) is 0 Å². The van der Waals surface area contributed by atoms with Gasteiger partial charge in [-0.15, -0.1) is 0 Å². The number of ether oxygens (including phenoxy) is 1. The van der Waals surface area contributed by atoms with Crippen molar-refractivity contribution in [2.45, 2.75) is 13.5 Å². The molecular formula is C9H8BrF2NO2. The van der Waals surface area contributed by atoms with Crippen molar-refractivity contribution in [3.63, 3.8) is 0 Å². The van der Waals surface area contributed by atoms with Crippen molar-refractivity contribution in [2.75, 3.05) is 5.73 Å². The summed E-state index contributed by atoms with van der Waals surface area (Å²) in [5.41, 5.74) is 5.60. The zero-order valence-electron chi connectivity index (χ0n) is 7.76. The molecule has 15 heavy (non-hydrogen) atoms. The van der Waals surface area contributed by atoms with Crippen LogP contribution in [0.15, 0.2) is 16.6 Å². The fourth-order valence-corrected chi connectivity index (χ4v) is 1.62. The van der Waals surface area contributed by atoms with E-state index in [2.05, 4.69) is 20.7 Å². The lowest BCUT2D eigenvalue weighted by molar-refractivity contribution is -0.0501. The van der Waals surface area contributed by atoms with Gasteiger partial charge in [0.05, 0.1) is 5.56 Å². The summed E-state index contributed by atoms with van der Waals surface area (Å²) in [6, 6.07) is 2.73. The molecule has 0 unspecified atom stereocenters. The van der Waals surface area contributed by atoms with Gasteiger partial charge < -0.3 is 10.5 Å². The van der Waals surface area contributed by atoms with Crippen LogP contribution in [0, 0.1) is 0 Å². The average Bonchev–Trinajstić information content (AvgIpc) is 1.99. The molecular weight excluding hydrogens is 272 g/mol. The first-order valence-electron chi connectivity index (χ1n) is 3.96. The number of alkyl halides is 2. The number of rotatable bonds is 3. The van der Waals surface area contributed by atoms with E-state index in [0.717, 1.165) is 0 Å². The number of halogens is 3. The Morgan fingerprint density at radius 2 is 2.13 bits per heavy atom. The van der Waals surface area contributed by atoms with Crippen molar-refractivity contribution < 1.29 is 18.3 Å². The molecule has 0 aromatic heterocycles. The first kappa shape index (κ1) is 11.9. The zero-order valence-corrected chi connectivity index (χ0v) is 9.35. The molecule has 0 spiro atoms. The molecule has 82 valence electrons. The molecule has 1 aromatic rings. The van der Waals surface area contributed by atoms with Crippen LogP contribution >= 0.6 is 15.9 Å². The second-order valence-corrected chi connectivity index (χ2v) is 3.72. The molecule has 0 aliphatic carbocycles. The van der Waals surface area contributed by atoms with Crippen molar-refractivity contribution in [1.29, 1.82) is 0 Å². The predicted molar refractivity (Wildman–Crippen MR) is 55.2 cm³/mol. The summed E-state index contributed by atoms with van der Waals surface area (Å²) in [6.45, 7) is -1.76. The van der Waals surface area contributed by atoms with Gasteiger partial charge in [0, 0.05) is 10.2 Å². The number of anilines is 1. The molecule has 0 bridgehead atoms. The van der Waals surface area contributed by atoms with Gasteiger partial charge in [0.2, 0.25) is 0 Å². The summed E-state index contributed by atoms with van der Waals surface area (Å²) < 4.78 is 28.8. The van der Waals surface area contributed by atoms with Gasteiger partial charge in [-0.25, -0.2) is 0 Å². The van der Waals surface area contributed by atoms with Gasteiger partial charge in [0.1, 0.15) is 5.75 Å². The molecule has 1 rings (SSSR count). The Morgan fingerprint density at radius 1 is 1.53 bits per heavy atom. The number of nitrogens with two attached hydrogens (primary N) is 1. The van der Waals surface area contributed by atoms with Gasteiger partial charge in [-0.1, -0.05) is 15.9 Å². The summed E-state index contributed by atoms with van der Waals surface area (Å²) >= 11 is 3.07. The Balaban J connectivity index is 3.27. The van der Waals surface area contributed by atoms with Crippen LogP contribution in [0.2, 0.25) is 0 Å². The van der Waals surface area contributed by atoms with Crippen LogP contribution in [0.5, 0.6) is 5.75 Å². The van der Waals surface area contributed by atoms with Crippen molar-refractivity contribution in [3.05, 3.63) is 22.2 Å². The van der Waals surface area contributed by atoms with E-state index < -0.39 is 12.4 Å². The number of ketones is 1. The maximum atomic E-state index is 12.0. The minimum atomic E-state index is -2.99. The van der Waals surface area contributed by atoms with E-state index in [4.69, 9.17) is 5.73 Å². The smallest absolute Gasteiger partial charge is 0.387 e. The van der Waals surface area contributed by atoms with E-state index in [9.17, 15) is 13.6 Å². The lowest BCUT2D eigenvalue weighted by atomic mass is 10.1. The molecule has 0 saturated carbocycles. The number of hydrogen-bond donors (Lipinski definition) is 1. The van der Waals surface area contributed by atoms with Crippen LogP contribution in [-0.2, 0) is 0 Å². The third kappa shape index (κ3) is 2.89. The van der Waals surface area contributed by atoms with Crippen LogP contribution in [0.1, 0.15) is 17.3 Å². The van der Waals surface area contributed by atoms with Crippen LogP contribution < -0.4 is 10.5 Å². The number of carbonyl (C=O) groups is 1. The maximum absolute atomic E-state index is 12.0. The van der Waals surface area contributed by atoms with Crippen molar-refractivity contribution in [3.8, 4) is 5.75 Å². The molecule has 6 heteroatoms. The molecule has 0 aliphatic rings. The van der Waals surface area contributed by atoms with Gasteiger partial charge in [0.25, 0.3) is 0 Å². The molecule has 0 amide bonds. The number of hydrogen-bond acceptors (Lipinski definition) is 3. The highest BCUT2D eigenvalue weighted by Gasteiger charge is 2.16. The standard InChI is InChI=1S/C9H8BrF2NO2/c1-4(14)8-6(13)2-5(10)3-7(8)15-9(11)12/h2-3,9H,13H2,1H3. The minimum absolute atomic E-state index is 0.0292. The molecule has 0 radical (unpaired) electrons. The molecule has 1 aromatic carbocycles. The normalized spacial score (nSPS) is 10.5. The van der Waals surface area contributed by atoms with Crippen molar-refractivity contribution in [2.24, 2.45) is 0 Å². The van der Waals surface area contributed by atoms with Gasteiger partial charge in [0.15, 0.2) is 5.78 Å². The summed E-state index contributed by atoms with van der Waals surface area (Å²) in [4.78, 5) is 11.2. The van der Waals surface area contributed by atoms with E-state index in [1.165, 1.54) is 19.1 Å². The van der Waals surface area contributed by atoms with Gasteiger partial charge >= 0.3 is 6.61 Å². The SMILES string of the molecule is CC(=O)c1c(N)cc(Br)cc1OC(F)F. The third-order valence-electron chi connectivity index (χ3n) is 1.67. The Labute approximate surface area is 93.3 Å². The van der Waals surface area contributed by atoms with E-state index in [-0.39, 0.29) is 17.0 Å². The van der Waals surface area contributed by atoms with Crippen LogP contribution in [0.25, 0.3) is 0 Å². The summed E-state index contributed by atoms with van der Waals surface area (Å²) in [6.07, 6.45) is 0. The van der Waals surface area contributed by atoms with Gasteiger partial charge in [-0.05, 0) is 19.1 Å². The van der Waals surface area contributed by atoms with Gasteiger partial charge in [-0.3, -0.25) is 4.79 Å². The maximum Gasteiger partial charge on any atom is 0.387 e. The highest BCUT2D eigenvalue weighted by Crippen LogP contribution is 2.30. The second-order valence-electron chi connectivity index (χ2n) is 2.80. The largest absolute Gasteiger partial charge is 0.434 e. The number of carbonyl (C=O) groups excluding carboxylic acids is 1. The fraction of sp³-hybridized carbons (Fsp3) is 0.222. The third-order valence-corrected chi connectivity index (χ3v) is 2.12. The van der Waals surface area contributed by atoms with Gasteiger partial charge in [-0.2, -0.15) is 8.78 Å². The van der Waals surface area contributed by atoms with Crippen molar-refractivity contribution >= 4 is 27.4 Å². The quantitative estimate of drug-likeness (QED) is 0.684. The second kappa shape index (κ2) is 4.57. The molecule has 0 heterocycles. The number of benzene rings is 1. The van der Waals surface area contributed by atoms with E-state index in [0.29, 0.717) is 4.47 Å². The Kier molecular flexibility index (Phi) is 3.62.